The molecule has 0 saturated carbocycles. The summed E-state index contributed by atoms with van der Waals surface area (Å²) < 4.78 is 50.4. The number of carbonyl (C=O) groups excluding carboxylic acids is 1. The lowest BCUT2D eigenvalue weighted by molar-refractivity contribution is -0.139. The summed E-state index contributed by atoms with van der Waals surface area (Å²) in [5, 5.41) is 6.00. The fourth-order valence-electron chi connectivity index (χ4n) is 2.92. The van der Waals surface area contributed by atoms with Gasteiger partial charge in [-0.15, -0.1) is 0 Å². The third-order valence-electron chi connectivity index (χ3n) is 4.31. The van der Waals surface area contributed by atoms with Crippen molar-refractivity contribution in [3.8, 4) is 11.5 Å². The number of para-hydroxylation sites is 1. The molecular formula is C20H22F3N3O3. The Bertz CT molecular complexity index is 885. The number of benzene rings is 1. The Morgan fingerprint density at radius 1 is 1.31 bits per heavy atom. The first-order chi connectivity index (χ1) is 13.7. The summed E-state index contributed by atoms with van der Waals surface area (Å²) in [4.78, 5) is 16.5. The van der Waals surface area contributed by atoms with Gasteiger partial charge in [0.05, 0.1) is 17.3 Å². The number of rotatable bonds is 5. The number of pyridine rings is 1. The molecule has 9 heteroatoms. The summed E-state index contributed by atoms with van der Waals surface area (Å²) in [5.41, 5.74) is -0.614. The molecule has 0 radical (unpaired) electrons. The van der Waals surface area contributed by atoms with Crippen LogP contribution in [-0.4, -0.2) is 36.2 Å². The van der Waals surface area contributed by atoms with Gasteiger partial charge >= 0.3 is 6.18 Å². The maximum Gasteiger partial charge on any atom is 0.420 e. The lowest BCUT2D eigenvalue weighted by atomic mass is 10.0. The van der Waals surface area contributed by atoms with Gasteiger partial charge in [0.1, 0.15) is 30.3 Å². The Morgan fingerprint density at radius 2 is 2.10 bits per heavy atom. The first-order valence-electron chi connectivity index (χ1n) is 9.09. The van der Waals surface area contributed by atoms with Crippen molar-refractivity contribution in [2.24, 2.45) is 0 Å². The normalized spacial score (nSPS) is 14.4. The van der Waals surface area contributed by atoms with Crippen LogP contribution >= 0.6 is 0 Å². The van der Waals surface area contributed by atoms with Crippen LogP contribution < -0.4 is 20.1 Å². The average molecular weight is 409 g/mol. The van der Waals surface area contributed by atoms with E-state index in [1.807, 2.05) is 6.07 Å². The van der Waals surface area contributed by atoms with Crippen molar-refractivity contribution in [1.82, 2.24) is 15.6 Å². The van der Waals surface area contributed by atoms with E-state index in [1.54, 1.807) is 26.0 Å². The highest BCUT2D eigenvalue weighted by atomic mass is 19.4. The summed E-state index contributed by atoms with van der Waals surface area (Å²) >= 11 is 0. The van der Waals surface area contributed by atoms with Crippen LogP contribution in [0.1, 0.15) is 35.3 Å². The molecule has 1 aliphatic heterocycles. The number of nitrogens with zero attached hydrogens (tertiary/aromatic N) is 1. The predicted molar refractivity (Wildman–Crippen MR) is 99.9 cm³/mol. The Hall–Kier alpha value is -2.81. The van der Waals surface area contributed by atoms with Crippen molar-refractivity contribution >= 4 is 5.91 Å². The molecule has 0 spiro atoms. The van der Waals surface area contributed by atoms with Crippen molar-refractivity contribution in [2.45, 2.75) is 32.1 Å². The lowest BCUT2D eigenvalue weighted by Gasteiger charge is -2.27. The van der Waals surface area contributed by atoms with Gasteiger partial charge < -0.3 is 20.1 Å². The molecule has 1 aromatic carbocycles. The Morgan fingerprint density at radius 3 is 2.86 bits per heavy atom. The minimum Gasteiger partial charge on any atom is -0.491 e. The van der Waals surface area contributed by atoms with E-state index >= 15 is 0 Å². The van der Waals surface area contributed by atoms with Crippen molar-refractivity contribution < 1.29 is 27.4 Å². The van der Waals surface area contributed by atoms with Crippen molar-refractivity contribution in [3.05, 3.63) is 53.3 Å². The van der Waals surface area contributed by atoms with Gasteiger partial charge in [-0.05, 0) is 26.0 Å². The van der Waals surface area contributed by atoms with Gasteiger partial charge in [-0.1, -0.05) is 12.1 Å². The van der Waals surface area contributed by atoms with Gasteiger partial charge in [0.15, 0.2) is 0 Å². The maximum atomic E-state index is 13.1. The standard InChI is InChI=1S/C20H22F3N3O3/c1-19(2,12-29-16-11-24-7-6-15(16)20(21,22)23)26-18(27)14-5-3-4-13-10-25-8-9-28-17(13)14/h3-7,11,25H,8-10,12H2,1-2H3,(H,26,27). The summed E-state index contributed by atoms with van der Waals surface area (Å²) in [5.74, 6) is -0.261. The van der Waals surface area contributed by atoms with E-state index in [9.17, 15) is 18.0 Å². The van der Waals surface area contributed by atoms with Crippen LogP contribution in [0.25, 0.3) is 0 Å². The molecule has 1 aromatic heterocycles. The molecule has 2 heterocycles. The third-order valence-corrected chi connectivity index (χ3v) is 4.31. The lowest BCUT2D eigenvalue weighted by Crippen LogP contribution is -2.48. The minimum absolute atomic E-state index is 0.176. The number of aromatic nitrogens is 1. The molecule has 0 unspecified atom stereocenters. The third kappa shape index (κ3) is 5.17. The van der Waals surface area contributed by atoms with Gasteiger partial charge in [0, 0.05) is 24.8 Å². The number of hydrogen-bond donors (Lipinski definition) is 2. The molecule has 6 nitrogen and oxygen atoms in total. The number of fused-ring (bicyclic) bond motifs is 1. The van der Waals surface area contributed by atoms with Crippen LogP contribution in [-0.2, 0) is 12.7 Å². The highest BCUT2D eigenvalue weighted by Crippen LogP contribution is 2.35. The Labute approximate surface area is 166 Å². The zero-order valence-corrected chi connectivity index (χ0v) is 16.1. The molecule has 1 aliphatic rings. The van der Waals surface area contributed by atoms with E-state index in [0.29, 0.717) is 31.0 Å². The topological polar surface area (TPSA) is 72.5 Å². The predicted octanol–water partition coefficient (Wildman–Crippen LogP) is 3.17. The van der Waals surface area contributed by atoms with Gasteiger partial charge in [0.2, 0.25) is 0 Å². The second-order valence-corrected chi connectivity index (χ2v) is 7.32. The molecule has 3 rings (SSSR count). The molecule has 0 atom stereocenters. The van der Waals surface area contributed by atoms with Gasteiger partial charge in [0.25, 0.3) is 5.91 Å². The zero-order valence-electron chi connectivity index (χ0n) is 16.1. The number of carbonyl (C=O) groups is 1. The maximum absolute atomic E-state index is 13.1. The molecule has 0 aliphatic carbocycles. The zero-order chi connectivity index (χ0) is 21.1. The number of nitrogens with one attached hydrogen (secondary N) is 2. The number of alkyl halides is 3. The quantitative estimate of drug-likeness (QED) is 0.794. The Kier molecular flexibility index (Phi) is 5.97. The first kappa shape index (κ1) is 20.9. The van der Waals surface area contributed by atoms with Crippen molar-refractivity contribution in [3.63, 3.8) is 0 Å². The highest BCUT2D eigenvalue weighted by Gasteiger charge is 2.35. The number of halogens is 3. The largest absolute Gasteiger partial charge is 0.491 e. The SMILES string of the molecule is CC(C)(COc1cnccc1C(F)(F)F)NC(=O)c1cccc2c1OCCNC2. The van der Waals surface area contributed by atoms with Gasteiger partial charge in [-0.3, -0.25) is 9.78 Å². The van der Waals surface area contributed by atoms with Crippen LogP contribution in [0.5, 0.6) is 11.5 Å². The molecular weight excluding hydrogens is 387 g/mol. The molecule has 29 heavy (non-hydrogen) atoms. The Balaban J connectivity index is 1.72. The van der Waals surface area contributed by atoms with E-state index < -0.39 is 17.3 Å². The summed E-state index contributed by atoms with van der Waals surface area (Å²) in [6.45, 7) is 4.85. The van der Waals surface area contributed by atoms with Crippen LogP contribution in [0.3, 0.4) is 0 Å². The minimum atomic E-state index is -4.56. The van der Waals surface area contributed by atoms with Gasteiger partial charge in [-0.25, -0.2) is 0 Å². The molecule has 1 amide bonds. The highest BCUT2D eigenvalue weighted by molar-refractivity contribution is 5.97. The smallest absolute Gasteiger partial charge is 0.420 e. The van der Waals surface area contributed by atoms with Crippen LogP contribution in [0.2, 0.25) is 0 Å². The van der Waals surface area contributed by atoms with Crippen LogP contribution in [0, 0.1) is 0 Å². The van der Waals surface area contributed by atoms with E-state index in [1.165, 1.54) is 0 Å². The summed E-state index contributed by atoms with van der Waals surface area (Å²) in [6.07, 6.45) is -2.49. The van der Waals surface area contributed by atoms with Crippen molar-refractivity contribution in [2.75, 3.05) is 19.8 Å². The van der Waals surface area contributed by atoms with E-state index in [-0.39, 0.29) is 18.3 Å². The fourth-order valence-corrected chi connectivity index (χ4v) is 2.92. The fraction of sp³-hybridized carbons (Fsp3) is 0.400. The molecule has 156 valence electrons. The van der Waals surface area contributed by atoms with Crippen LogP contribution in [0.15, 0.2) is 36.7 Å². The number of hydrogen-bond acceptors (Lipinski definition) is 5. The molecule has 2 N–H and O–H groups in total. The monoisotopic (exact) mass is 409 g/mol. The summed E-state index contributed by atoms with van der Waals surface area (Å²) in [6, 6.07) is 6.14. The second-order valence-electron chi connectivity index (χ2n) is 7.32. The molecule has 2 aromatic rings. The molecule has 0 bridgehead atoms. The van der Waals surface area contributed by atoms with E-state index in [0.717, 1.165) is 24.0 Å². The van der Waals surface area contributed by atoms with Gasteiger partial charge in [-0.2, -0.15) is 13.2 Å². The molecule has 0 saturated heterocycles. The number of amides is 1. The average Bonchev–Trinajstić information content (AvgIpc) is 2.91. The van der Waals surface area contributed by atoms with Crippen LogP contribution in [0.4, 0.5) is 13.2 Å². The number of ether oxygens (including phenoxy) is 2. The first-order valence-corrected chi connectivity index (χ1v) is 9.09. The van der Waals surface area contributed by atoms with E-state index in [2.05, 4.69) is 15.6 Å². The second kappa shape index (κ2) is 8.28. The van der Waals surface area contributed by atoms with Crippen molar-refractivity contribution in [1.29, 1.82) is 0 Å². The molecule has 0 fully saturated rings. The summed E-state index contributed by atoms with van der Waals surface area (Å²) in [7, 11) is 0. The van der Waals surface area contributed by atoms with E-state index in [4.69, 9.17) is 9.47 Å².